The molecule has 4 heteroatoms. The highest BCUT2D eigenvalue weighted by atomic mass is 16.5. The smallest absolute Gasteiger partial charge is 0.134 e. The predicted octanol–water partition coefficient (Wildman–Crippen LogP) is 7.95. The summed E-state index contributed by atoms with van der Waals surface area (Å²) in [5.74, 6) is 1.76. The van der Waals surface area contributed by atoms with Crippen LogP contribution in [0.2, 0.25) is 0 Å². The van der Waals surface area contributed by atoms with Crippen molar-refractivity contribution < 1.29 is 4.74 Å². The van der Waals surface area contributed by atoms with E-state index < -0.39 is 0 Å². The maximum atomic E-state index is 5.53. The number of hydrogen-bond donors (Lipinski definition) is 0. The van der Waals surface area contributed by atoms with Gasteiger partial charge in [-0.2, -0.15) is 0 Å². The molecule has 0 spiro atoms. The first-order valence-electron chi connectivity index (χ1n) is 12.1. The Labute approximate surface area is 200 Å². The maximum Gasteiger partial charge on any atom is 0.134 e. The zero-order valence-corrected chi connectivity index (χ0v) is 21.4. The number of benzene rings is 1. The molecule has 0 atom stereocenters. The standard InChI is InChI=1S/C29H39N3O/c1-8-10-20-29(5,6)32(22-14-11-15-23(21-22)33-7)27-19-13-17-25(31-27)24-16-12-18-26(30-24)28(3,4)9-2/h11-19,21H,8-10,20H2,1-7H3. The first-order chi connectivity index (χ1) is 15.7. The van der Waals surface area contributed by atoms with E-state index in [-0.39, 0.29) is 11.0 Å². The van der Waals surface area contributed by atoms with E-state index in [4.69, 9.17) is 14.7 Å². The molecular formula is C29H39N3O. The molecule has 0 saturated carbocycles. The monoisotopic (exact) mass is 445 g/mol. The highest BCUT2D eigenvalue weighted by Gasteiger charge is 2.29. The largest absolute Gasteiger partial charge is 0.497 e. The van der Waals surface area contributed by atoms with Crippen molar-refractivity contribution in [3.63, 3.8) is 0 Å². The fourth-order valence-corrected chi connectivity index (χ4v) is 4.09. The van der Waals surface area contributed by atoms with E-state index >= 15 is 0 Å². The van der Waals surface area contributed by atoms with Crippen LogP contribution in [0.5, 0.6) is 5.75 Å². The Kier molecular flexibility index (Phi) is 7.78. The average Bonchev–Trinajstić information content (AvgIpc) is 2.83. The van der Waals surface area contributed by atoms with Gasteiger partial charge in [0.05, 0.1) is 18.5 Å². The van der Waals surface area contributed by atoms with E-state index in [9.17, 15) is 0 Å². The van der Waals surface area contributed by atoms with Crippen molar-refractivity contribution in [2.24, 2.45) is 0 Å². The van der Waals surface area contributed by atoms with Crippen LogP contribution in [-0.4, -0.2) is 22.6 Å². The SMILES string of the molecule is CCCCC(C)(C)N(c1cccc(OC)c1)c1cccc(-c2cccc(C(C)(C)CC)n2)n1. The number of unbranched alkanes of at least 4 members (excludes halogenated alkanes) is 1. The quantitative estimate of drug-likeness (QED) is 0.317. The van der Waals surface area contributed by atoms with E-state index in [1.54, 1.807) is 7.11 Å². The van der Waals surface area contributed by atoms with Crippen LogP contribution < -0.4 is 9.64 Å². The van der Waals surface area contributed by atoms with Crippen molar-refractivity contribution in [3.05, 3.63) is 66.4 Å². The normalized spacial score (nSPS) is 12.0. The van der Waals surface area contributed by atoms with Gasteiger partial charge in [0.25, 0.3) is 0 Å². The molecule has 0 aliphatic heterocycles. The van der Waals surface area contributed by atoms with Crippen LogP contribution in [0.4, 0.5) is 11.5 Å². The molecule has 0 fully saturated rings. The maximum absolute atomic E-state index is 5.53. The van der Waals surface area contributed by atoms with Crippen LogP contribution in [-0.2, 0) is 5.41 Å². The molecule has 0 unspecified atom stereocenters. The zero-order chi connectivity index (χ0) is 24.1. The van der Waals surface area contributed by atoms with E-state index in [0.717, 1.165) is 60.0 Å². The van der Waals surface area contributed by atoms with Crippen molar-refractivity contribution in [1.29, 1.82) is 0 Å². The molecule has 0 bridgehead atoms. The number of hydrogen-bond acceptors (Lipinski definition) is 4. The van der Waals surface area contributed by atoms with Crippen molar-refractivity contribution in [2.75, 3.05) is 12.0 Å². The molecule has 33 heavy (non-hydrogen) atoms. The van der Waals surface area contributed by atoms with Gasteiger partial charge in [0, 0.05) is 28.4 Å². The van der Waals surface area contributed by atoms with E-state index in [2.05, 4.69) is 95.0 Å². The van der Waals surface area contributed by atoms with Gasteiger partial charge in [-0.1, -0.05) is 58.7 Å². The molecule has 0 N–H and O–H groups in total. The fourth-order valence-electron chi connectivity index (χ4n) is 4.09. The van der Waals surface area contributed by atoms with Crippen molar-refractivity contribution in [3.8, 4) is 17.1 Å². The van der Waals surface area contributed by atoms with Gasteiger partial charge in [0.15, 0.2) is 0 Å². The number of rotatable bonds is 10. The number of methoxy groups -OCH3 is 1. The minimum atomic E-state index is -0.118. The van der Waals surface area contributed by atoms with E-state index in [0.29, 0.717) is 0 Å². The summed E-state index contributed by atoms with van der Waals surface area (Å²) in [4.78, 5) is 12.5. The van der Waals surface area contributed by atoms with E-state index in [1.165, 1.54) is 0 Å². The van der Waals surface area contributed by atoms with Crippen LogP contribution in [0.25, 0.3) is 11.4 Å². The Hall–Kier alpha value is -2.88. The Morgan fingerprint density at radius 3 is 2.18 bits per heavy atom. The number of anilines is 2. The number of aromatic nitrogens is 2. The second kappa shape index (κ2) is 10.4. The lowest BCUT2D eigenvalue weighted by molar-refractivity contribution is 0.413. The van der Waals surface area contributed by atoms with Crippen LogP contribution in [0.1, 0.15) is 72.9 Å². The Morgan fingerprint density at radius 1 is 0.848 bits per heavy atom. The first-order valence-corrected chi connectivity index (χ1v) is 12.1. The average molecular weight is 446 g/mol. The summed E-state index contributed by atoms with van der Waals surface area (Å²) in [5.41, 5.74) is 3.89. The second-order valence-corrected chi connectivity index (χ2v) is 9.98. The zero-order valence-electron chi connectivity index (χ0n) is 21.4. The third-order valence-corrected chi connectivity index (χ3v) is 6.61. The molecule has 3 rings (SSSR count). The predicted molar refractivity (Wildman–Crippen MR) is 140 cm³/mol. The fraction of sp³-hybridized carbons (Fsp3) is 0.448. The lowest BCUT2D eigenvalue weighted by atomic mass is 9.86. The molecule has 2 heterocycles. The van der Waals surface area contributed by atoms with Crippen molar-refractivity contribution >= 4 is 11.5 Å². The number of nitrogens with zero attached hydrogens (tertiary/aromatic N) is 3. The van der Waals surface area contributed by atoms with Gasteiger partial charge < -0.3 is 9.64 Å². The summed E-state index contributed by atoms with van der Waals surface area (Å²) < 4.78 is 5.53. The van der Waals surface area contributed by atoms with Gasteiger partial charge in [-0.15, -0.1) is 0 Å². The summed E-state index contributed by atoms with van der Waals surface area (Å²) in [6.07, 6.45) is 4.41. The number of ether oxygens (including phenoxy) is 1. The van der Waals surface area contributed by atoms with E-state index in [1.807, 2.05) is 12.1 Å². The molecule has 0 saturated heterocycles. The minimum absolute atomic E-state index is 0.0302. The summed E-state index contributed by atoms with van der Waals surface area (Å²) in [6, 6.07) is 20.7. The molecule has 0 amide bonds. The van der Waals surface area contributed by atoms with Gasteiger partial charge in [-0.3, -0.25) is 4.98 Å². The first kappa shape index (κ1) is 24.8. The number of pyridine rings is 2. The van der Waals surface area contributed by atoms with Crippen molar-refractivity contribution in [1.82, 2.24) is 9.97 Å². The Morgan fingerprint density at radius 2 is 1.52 bits per heavy atom. The van der Waals surface area contributed by atoms with Gasteiger partial charge in [0.1, 0.15) is 11.6 Å². The lowest BCUT2D eigenvalue weighted by Crippen LogP contribution is -2.41. The summed E-state index contributed by atoms with van der Waals surface area (Å²) in [5, 5.41) is 0. The highest BCUT2D eigenvalue weighted by molar-refractivity contribution is 5.67. The Bertz CT molecular complexity index is 1060. The minimum Gasteiger partial charge on any atom is -0.497 e. The molecule has 0 aliphatic carbocycles. The van der Waals surface area contributed by atoms with Crippen LogP contribution in [0.15, 0.2) is 60.7 Å². The van der Waals surface area contributed by atoms with Gasteiger partial charge >= 0.3 is 0 Å². The molecule has 1 aromatic carbocycles. The van der Waals surface area contributed by atoms with Crippen molar-refractivity contribution in [2.45, 2.75) is 78.2 Å². The van der Waals surface area contributed by atoms with Gasteiger partial charge in [-0.05, 0) is 63.1 Å². The van der Waals surface area contributed by atoms with Crippen LogP contribution in [0.3, 0.4) is 0 Å². The third kappa shape index (κ3) is 5.73. The highest BCUT2D eigenvalue weighted by Crippen LogP contribution is 2.37. The van der Waals surface area contributed by atoms with Crippen LogP contribution >= 0.6 is 0 Å². The van der Waals surface area contributed by atoms with Gasteiger partial charge in [0.2, 0.25) is 0 Å². The second-order valence-electron chi connectivity index (χ2n) is 9.98. The molecule has 0 aliphatic rings. The molecule has 3 aromatic rings. The summed E-state index contributed by atoms with van der Waals surface area (Å²) in [7, 11) is 1.71. The summed E-state index contributed by atoms with van der Waals surface area (Å²) in [6.45, 7) is 13.5. The van der Waals surface area contributed by atoms with Gasteiger partial charge in [-0.25, -0.2) is 4.98 Å². The molecule has 2 aromatic heterocycles. The van der Waals surface area contributed by atoms with Crippen LogP contribution in [0, 0.1) is 0 Å². The molecule has 176 valence electrons. The molecule has 0 radical (unpaired) electrons. The third-order valence-electron chi connectivity index (χ3n) is 6.61. The lowest BCUT2D eigenvalue weighted by Gasteiger charge is -2.40. The molecule has 4 nitrogen and oxygen atoms in total. The topological polar surface area (TPSA) is 38.2 Å². The Balaban J connectivity index is 2.09. The molecular weight excluding hydrogens is 406 g/mol. The summed E-state index contributed by atoms with van der Waals surface area (Å²) >= 11 is 0.